The van der Waals surface area contributed by atoms with Crippen LogP contribution in [0.2, 0.25) is 0 Å². The Morgan fingerprint density at radius 2 is 2.10 bits per heavy atom. The zero-order valence-corrected chi connectivity index (χ0v) is 11.4. The van der Waals surface area contributed by atoms with Gasteiger partial charge < -0.3 is 5.32 Å². The van der Waals surface area contributed by atoms with Crippen molar-refractivity contribution in [1.29, 1.82) is 0 Å². The number of benzene rings is 1. The van der Waals surface area contributed by atoms with Crippen molar-refractivity contribution in [3.63, 3.8) is 0 Å². The highest BCUT2D eigenvalue weighted by Crippen LogP contribution is 2.31. The molecule has 0 aliphatic carbocycles. The Kier molecular flexibility index (Phi) is 2.92. The molecule has 0 saturated carbocycles. The molecule has 1 aromatic heterocycles. The Hall–Kier alpha value is -1.88. The van der Waals surface area contributed by atoms with E-state index in [1.807, 2.05) is 10.7 Å². The van der Waals surface area contributed by atoms with Crippen molar-refractivity contribution in [3.8, 4) is 5.69 Å². The van der Waals surface area contributed by atoms with Crippen molar-refractivity contribution >= 4 is 5.69 Å². The summed E-state index contributed by atoms with van der Waals surface area (Å²) < 4.78 is 1.82. The second-order valence-corrected chi connectivity index (χ2v) is 5.64. The summed E-state index contributed by atoms with van der Waals surface area (Å²) in [5, 5.41) is 7.98. The fourth-order valence-electron chi connectivity index (χ4n) is 3.58. The molecular weight excluding hydrogens is 250 g/mol. The van der Waals surface area contributed by atoms with E-state index >= 15 is 0 Å². The monoisotopic (exact) mass is 269 g/mol. The van der Waals surface area contributed by atoms with E-state index in [2.05, 4.69) is 38.5 Å². The van der Waals surface area contributed by atoms with Crippen LogP contribution < -0.4 is 5.32 Å². The lowest BCUT2D eigenvalue weighted by molar-refractivity contribution is 0.318. The van der Waals surface area contributed by atoms with Crippen molar-refractivity contribution in [3.05, 3.63) is 36.9 Å². The van der Waals surface area contributed by atoms with Crippen molar-refractivity contribution in [1.82, 2.24) is 19.7 Å². The van der Waals surface area contributed by atoms with Gasteiger partial charge in [-0.15, -0.1) is 0 Å². The predicted molar refractivity (Wildman–Crippen MR) is 78.0 cm³/mol. The first-order valence-corrected chi connectivity index (χ1v) is 7.36. The lowest BCUT2D eigenvalue weighted by Crippen LogP contribution is -2.34. The van der Waals surface area contributed by atoms with E-state index in [0.29, 0.717) is 12.1 Å². The second kappa shape index (κ2) is 4.90. The van der Waals surface area contributed by atoms with Crippen LogP contribution in [0.5, 0.6) is 0 Å². The molecule has 2 atom stereocenters. The maximum absolute atomic E-state index is 4.24. The lowest BCUT2D eigenvalue weighted by atomic mass is 10.1. The van der Waals surface area contributed by atoms with Gasteiger partial charge in [-0.2, -0.15) is 5.10 Å². The first-order valence-electron chi connectivity index (χ1n) is 7.36. The Labute approximate surface area is 118 Å². The topological polar surface area (TPSA) is 46.0 Å². The van der Waals surface area contributed by atoms with Crippen molar-refractivity contribution in [2.45, 2.75) is 31.3 Å². The summed E-state index contributed by atoms with van der Waals surface area (Å²) >= 11 is 0. The van der Waals surface area contributed by atoms with E-state index in [9.17, 15) is 0 Å². The normalized spacial score (nSPS) is 25.8. The van der Waals surface area contributed by atoms with Gasteiger partial charge in [-0.1, -0.05) is 12.1 Å². The summed E-state index contributed by atoms with van der Waals surface area (Å²) in [6, 6.07) is 9.59. The lowest BCUT2D eigenvalue weighted by Gasteiger charge is -2.23. The average Bonchev–Trinajstić information content (AvgIpc) is 3.18. The number of rotatable bonds is 3. The zero-order valence-electron chi connectivity index (χ0n) is 11.4. The molecule has 0 radical (unpaired) electrons. The minimum absolute atomic E-state index is 0.558. The molecular formula is C15H19N5. The molecule has 0 spiro atoms. The molecule has 2 unspecified atom stereocenters. The number of hydrogen-bond acceptors (Lipinski definition) is 4. The standard InChI is InChI=1S/C15H19N5/c1-2-5-15(20-11-16-10-17-20)12(4-1)18-13-7-9-19-8-3-6-14(13)19/h1-2,4-5,10-11,13-14,18H,3,6-9H2. The number of anilines is 1. The maximum atomic E-state index is 4.24. The van der Waals surface area contributed by atoms with E-state index in [-0.39, 0.29) is 0 Å². The number of hydrogen-bond donors (Lipinski definition) is 1. The van der Waals surface area contributed by atoms with Gasteiger partial charge in [0, 0.05) is 18.6 Å². The van der Waals surface area contributed by atoms with E-state index in [1.165, 1.54) is 32.4 Å². The Bertz CT molecular complexity index is 580. The maximum Gasteiger partial charge on any atom is 0.138 e. The third kappa shape index (κ3) is 1.98. The second-order valence-electron chi connectivity index (χ2n) is 5.64. The molecule has 0 bridgehead atoms. The van der Waals surface area contributed by atoms with Crippen LogP contribution in [0.15, 0.2) is 36.9 Å². The van der Waals surface area contributed by atoms with Crippen LogP contribution in [0.4, 0.5) is 5.69 Å². The van der Waals surface area contributed by atoms with Gasteiger partial charge in [-0.3, -0.25) is 4.90 Å². The van der Waals surface area contributed by atoms with Crippen LogP contribution in [0.1, 0.15) is 19.3 Å². The van der Waals surface area contributed by atoms with Gasteiger partial charge in [0.05, 0.1) is 11.4 Å². The van der Waals surface area contributed by atoms with Gasteiger partial charge in [-0.05, 0) is 37.9 Å². The van der Waals surface area contributed by atoms with Crippen LogP contribution in [0.3, 0.4) is 0 Å². The molecule has 2 fully saturated rings. The molecule has 5 heteroatoms. The molecule has 0 amide bonds. The minimum atomic E-state index is 0.558. The SMILES string of the molecule is c1ccc(-n2cncn2)c(NC2CCN3CCCC23)c1. The Morgan fingerprint density at radius 1 is 1.15 bits per heavy atom. The highest BCUT2D eigenvalue weighted by molar-refractivity contribution is 5.61. The van der Waals surface area contributed by atoms with Crippen molar-refractivity contribution in [2.24, 2.45) is 0 Å². The van der Waals surface area contributed by atoms with Crippen molar-refractivity contribution in [2.75, 3.05) is 18.4 Å². The summed E-state index contributed by atoms with van der Waals surface area (Å²) in [5.74, 6) is 0. The van der Waals surface area contributed by atoms with Gasteiger partial charge in [0.15, 0.2) is 0 Å². The summed E-state index contributed by atoms with van der Waals surface area (Å²) in [6.07, 6.45) is 7.22. The summed E-state index contributed by atoms with van der Waals surface area (Å²) in [5.41, 5.74) is 2.22. The van der Waals surface area contributed by atoms with Gasteiger partial charge in [0.1, 0.15) is 12.7 Å². The molecule has 1 N–H and O–H groups in total. The third-order valence-corrected chi connectivity index (χ3v) is 4.52. The van der Waals surface area contributed by atoms with Crippen LogP contribution in [-0.2, 0) is 0 Å². The fraction of sp³-hybridized carbons (Fsp3) is 0.467. The first-order chi connectivity index (χ1) is 9.92. The van der Waals surface area contributed by atoms with Gasteiger partial charge >= 0.3 is 0 Å². The average molecular weight is 269 g/mol. The van der Waals surface area contributed by atoms with Gasteiger partial charge in [0.25, 0.3) is 0 Å². The highest BCUT2D eigenvalue weighted by atomic mass is 15.3. The van der Waals surface area contributed by atoms with Crippen molar-refractivity contribution < 1.29 is 0 Å². The highest BCUT2D eigenvalue weighted by Gasteiger charge is 2.37. The molecule has 2 saturated heterocycles. The molecule has 104 valence electrons. The Morgan fingerprint density at radius 3 is 3.00 bits per heavy atom. The molecule has 4 rings (SSSR count). The molecule has 5 nitrogen and oxygen atoms in total. The van der Waals surface area contributed by atoms with Crippen LogP contribution in [0.25, 0.3) is 5.69 Å². The smallest absolute Gasteiger partial charge is 0.138 e. The quantitative estimate of drug-likeness (QED) is 0.924. The van der Waals surface area contributed by atoms with Crippen LogP contribution in [0, 0.1) is 0 Å². The first kappa shape index (κ1) is 11.9. The largest absolute Gasteiger partial charge is 0.379 e. The molecule has 1 aromatic carbocycles. The van der Waals surface area contributed by atoms with Crippen LogP contribution in [-0.4, -0.2) is 44.8 Å². The van der Waals surface area contributed by atoms with Gasteiger partial charge in [-0.25, -0.2) is 9.67 Å². The van der Waals surface area contributed by atoms with E-state index < -0.39 is 0 Å². The number of nitrogens with zero attached hydrogens (tertiary/aromatic N) is 4. The summed E-state index contributed by atoms with van der Waals surface area (Å²) in [6.45, 7) is 2.50. The number of fused-ring (bicyclic) bond motifs is 1. The molecule has 2 aliphatic rings. The van der Waals surface area contributed by atoms with E-state index in [4.69, 9.17) is 0 Å². The minimum Gasteiger partial charge on any atom is -0.379 e. The van der Waals surface area contributed by atoms with Crippen LogP contribution >= 0.6 is 0 Å². The summed E-state index contributed by atoms with van der Waals surface area (Å²) in [7, 11) is 0. The Balaban J connectivity index is 1.60. The fourth-order valence-corrected chi connectivity index (χ4v) is 3.58. The van der Waals surface area contributed by atoms with E-state index in [1.54, 1.807) is 12.7 Å². The summed E-state index contributed by atoms with van der Waals surface area (Å²) in [4.78, 5) is 6.66. The number of nitrogens with one attached hydrogen (secondary N) is 1. The van der Waals surface area contributed by atoms with E-state index in [0.717, 1.165) is 11.4 Å². The molecule has 2 aromatic rings. The number of aromatic nitrogens is 3. The van der Waals surface area contributed by atoms with Gasteiger partial charge in [0.2, 0.25) is 0 Å². The predicted octanol–water partition coefficient (Wildman–Crippen LogP) is 1.92. The molecule has 2 aliphatic heterocycles. The molecule has 20 heavy (non-hydrogen) atoms. The number of para-hydroxylation sites is 2. The molecule has 3 heterocycles. The zero-order chi connectivity index (χ0) is 13.4. The third-order valence-electron chi connectivity index (χ3n) is 4.52.